The van der Waals surface area contributed by atoms with Crippen molar-refractivity contribution in [3.63, 3.8) is 0 Å². The van der Waals surface area contributed by atoms with Crippen LogP contribution in [0.15, 0.2) is 0 Å². The van der Waals surface area contributed by atoms with Gasteiger partial charge in [-0.15, -0.1) is 0 Å². The lowest BCUT2D eigenvalue weighted by atomic mass is 10.0. The summed E-state index contributed by atoms with van der Waals surface area (Å²) >= 11 is 0. The molecule has 2 atom stereocenters. The first-order chi connectivity index (χ1) is 5.76. The van der Waals surface area contributed by atoms with Crippen molar-refractivity contribution < 1.29 is 4.74 Å². The van der Waals surface area contributed by atoms with E-state index in [2.05, 4.69) is 13.8 Å². The van der Waals surface area contributed by atoms with Gasteiger partial charge in [-0.3, -0.25) is 0 Å². The molecule has 0 aliphatic carbocycles. The summed E-state index contributed by atoms with van der Waals surface area (Å²) in [5.41, 5.74) is 5.98. The van der Waals surface area contributed by atoms with Crippen molar-refractivity contribution in [3.05, 3.63) is 0 Å². The zero-order valence-corrected chi connectivity index (χ0v) is 8.68. The summed E-state index contributed by atoms with van der Waals surface area (Å²) in [4.78, 5) is 0. The Bertz CT molecular complexity index is 95.8. The standard InChI is InChI=1S/C10H23NO/c1-4-7-8-9(11)10(5-2)12-6-3/h9-10H,4-8,11H2,1-3H3. The second-order valence-electron chi connectivity index (χ2n) is 3.21. The van der Waals surface area contributed by atoms with E-state index in [0.717, 1.165) is 19.4 Å². The Kier molecular flexibility index (Phi) is 7.51. The van der Waals surface area contributed by atoms with Gasteiger partial charge >= 0.3 is 0 Å². The van der Waals surface area contributed by atoms with Gasteiger partial charge in [0.15, 0.2) is 0 Å². The predicted molar refractivity (Wildman–Crippen MR) is 53.2 cm³/mol. The molecule has 0 fully saturated rings. The molecule has 0 bridgehead atoms. The molecule has 0 rings (SSSR count). The molecule has 2 nitrogen and oxygen atoms in total. The van der Waals surface area contributed by atoms with Gasteiger partial charge < -0.3 is 10.5 Å². The first-order valence-corrected chi connectivity index (χ1v) is 5.13. The first-order valence-electron chi connectivity index (χ1n) is 5.13. The van der Waals surface area contributed by atoms with Gasteiger partial charge in [0.1, 0.15) is 0 Å². The molecule has 0 amide bonds. The van der Waals surface area contributed by atoms with Crippen LogP contribution in [-0.2, 0) is 4.74 Å². The van der Waals surface area contributed by atoms with Gasteiger partial charge in [-0.1, -0.05) is 26.7 Å². The summed E-state index contributed by atoms with van der Waals surface area (Å²) in [6.45, 7) is 7.12. The van der Waals surface area contributed by atoms with Crippen LogP contribution in [0.4, 0.5) is 0 Å². The molecule has 0 aliphatic heterocycles. The van der Waals surface area contributed by atoms with E-state index >= 15 is 0 Å². The van der Waals surface area contributed by atoms with Gasteiger partial charge in [0.25, 0.3) is 0 Å². The normalized spacial score (nSPS) is 16.0. The molecule has 0 heterocycles. The Morgan fingerprint density at radius 2 is 1.92 bits per heavy atom. The van der Waals surface area contributed by atoms with Crippen LogP contribution in [0.2, 0.25) is 0 Å². The van der Waals surface area contributed by atoms with E-state index in [1.165, 1.54) is 12.8 Å². The van der Waals surface area contributed by atoms with Crippen molar-refractivity contribution in [1.29, 1.82) is 0 Å². The summed E-state index contributed by atoms with van der Waals surface area (Å²) in [6.07, 6.45) is 4.82. The monoisotopic (exact) mass is 173 g/mol. The summed E-state index contributed by atoms with van der Waals surface area (Å²) in [6, 6.07) is 0.231. The lowest BCUT2D eigenvalue weighted by molar-refractivity contribution is 0.0392. The average molecular weight is 173 g/mol. The Hall–Kier alpha value is -0.0800. The van der Waals surface area contributed by atoms with Crippen molar-refractivity contribution >= 4 is 0 Å². The Labute approximate surface area is 76.5 Å². The fourth-order valence-electron chi connectivity index (χ4n) is 1.38. The van der Waals surface area contributed by atoms with E-state index in [9.17, 15) is 0 Å². The van der Waals surface area contributed by atoms with E-state index in [4.69, 9.17) is 10.5 Å². The number of unbranched alkanes of at least 4 members (excludes halogenated alkanes) is 1. The minimum absolute atomic E-state index is 0.231. The molecule has 0 spiro atoms. The number of hydrogen-bond acceptors (Lipinski definition) is 2. The SMILES string of the molecule is CCCCC(N)C(CC)OCC. The third kappa shape index (κ3) is 4.73. The highest BCUT2D eigenvalue weighted by atomic mass is 16.5. The van der Waals surface area contributed by atoms with Crippen LogP contribution >= 0.6 is 0 Å². The average Bonchev–Trinajstić information content (AvgIpc) is 2.10. The number of rotatable bonds is 7. The van der Waals surface area contributed by atoms with E-state index in [0.29, 0.717) is 0 Å². The highest BCUT2D eigenvalue weighted by molar-refractivity contribution is 4.71. The number of nitrogens with two attached hydrogens (primary N) is 1. The van der Waals surface area contributed by atoms with Gasteiger partial charge in [0.2, 0.25) is 0 Å². The lowest BCUT2D eigenvalue weighted by Gasteiger charge is -2.22. The fraction of sp³-hybridized carbons (Fsp3) is 1.00. The summed E-state index contributed by atoms with van der Waals surface area (Å²) in [7, 11) is 0. The van der Waals surface area contributed by atoms with Gasteiger partial charge in [0, 0.05) is 12.6 Å². The molecular weight excluding hydrogens is 150 g/mol. The van der Waals surface area contributed by atoms with Gasteiger partial charge in [-0.25, -0.2) is 0 Å². The second kappa shape index (κ2) is 7.56. The minimum atomic E-state index is 0.231. The first kappa shape index (κ1) is 11.9. The van der Waals surface area contributed by atoms with Crippen molar-refractivity contribution in [2.75, 3.05) is 6.61 Å². The zero-order valence-electron chi connectivity index (χ0n) is 8.68. The zero-order chi connectivity index (χ0) is 9.40. The van der Waals surface area contributed by atoms with E-state index in [1.54, 1.807) is 0 Å². The van der Waals surface area contributed by atoms with Crippen molar-refractivity contribution in [3.8, 4) is 0 Å². The van der Waals surface area contributed by atoms with Crippen LogP contribution in [0, 0.1) is 0 Å². The molecule has 0 aromatic carbocycles. The minimum Gasteiger partial charge on any atom is -0.377 e. The van der Waals surface area contributed by atoms with Gasteiger partial charge in [0.05, 0.1) is 6.10 Å². The smallest absolute Gasteiger partial charge is 0.0723 e. The van der Waals surface area contributed by atoms with Crippen LogP contribution in [-0.4, -0.2) is 18.8 Å². The molecule has 0 aromatic heterocycles. The van der Waals surface area contributed by atoms with Crippen LogP contribution < -0.4 is 5.73 Å². The van der Waals surface area contributed by atoms with Crippen molar-refractivity contribution in [1.82, 2.24) is 0 Å². The molecule has 0 saturated carbocycles. The van der Waals surface area contributed by atoms with E-state index in [-0.39, 0.29) is 12.1 Å². The molecule has 12 heavy (non-hydrogen) atoms. The van der Waals surface area contributed by atoms with Crippen LogP contribution in [0.3, 0.4) is 0 Å². The topological polar surface area (TPSA) is 35.2 Å². The second-order valence-corrected chi connectivity index (χ2v) is 3.21. The Balaban J connectivity index is 3.60. The molecule has 0 aliphatic rings. The van der Waals surface area contributed by atoms with Crippen molar-refractivity contribution in [2.45, 2.75) is 58.6 Å². The molecule has 0 saturated heterocycles. The lowest BCUT2D eigenvalue weighted by Crippen LogP contribution is -2.36. The third-order valence-corrected chi connectivity index (χ3v) is 2.15. The third-order valence-electron chi connectivity index (χ3n) is 2.15. The fourth-order valence-corrected chi connectivity index (χ4v) is 1.38. The molecule has 2 unspecified atom stereocenters. The quantitative estimate of drug-likeness (QED) is 0.641. The van der Waals surface area contributed by atoms with Crippen LogP contribution in [0.1, 0.15) is 46.5 Å². The number of ether oxygens (including phenoxy) is 1. The van der Waals surface area contributed by atoms with Crippen LogP contribution in [0.25, 0.3) is 0 Å². The van der Waals surface area contributed by atoms with E-state index in [1.807, 2.05) is 6.92 Å². The predicted octanol–water partition coefficient (Wildman–Crippen LogP) is 2.32. The van der Waals surface area contributed by atoms with Crippen molar-refractivity contribution in [2.24, 2.45) is 5.73 Å². The highest BCUT2D eigenvalue weighted by Crippen LogP contribution is 2.08. The molecule has 2 N–H and O–H groups in total. The maximum Gasteiger partial charge on any atom is 0.0723 e. The highest BCUT2D eigenvalue weighted by Gasteiger charge is 2.14. The Morgan fingerprint density at radius 3 is 2.33 bits per heavy atom. The molecule has 0 radical (unpaired) electrons. The summed E-state index contributed by atoms with van der Waals surface area (Å²) < 4.78 is 5.52. The van der Waals surface area contributed by atoms with Gasteiger partial charge in [-0.05, 0) is 19.8 Å². The molecule has 0 aromatic rings. The molecule has 2 heteroatoms. The maximum absolute atomic E-state index is 5.98. The Morgan fingerprint density at radius 1 is 1.25 bits per heavy atom. The largest absolute Gasteiger partial charge is 0.377 e. The molecular formula is C10H23NO. The van der Waals surface area contributed by atoms with Gasteiger partial charge in [-0.2, -0.15) is 0 Å². The van der Waals surface area contributed by atoms with Crippen LogP contribution in [0.5, 0.6) is 0 Å². The summed E-state index contributed by atoms with van der Waals surface area (Å²) in [5, 5.41) is 0. The molecule has 74 valence electrons. The number of hydrogen-bond donors (Lipinski definition) is 1. The summed E-state index contributed by atoms with van der Waals surface area (Å²) in [5.74, 6) is 0. The van der Waals surface area contributed by atoms with E-state index < -0.39 is 0 Å². The maximum atomic E-state index is 5.98.